The Hall–Kier alpha value is -3.55. The fourth-order valence-corrected chi connectivity index (χ4v) is 4.63. The molecule has 2 aromatic heterocycles. The van der Waals surface area contributed by atoms with Gasteiger partial charge in [0.05, 0.1) is 6.61 Å². The number of nitrogens with one attached hydrogen (secondary N) is 1. The van der Waals surface area contributed by atoms with Crippen molar-refractivity contribution in [3.05, 3.63) is 94.9 Å². The van der Waals surface area contributed by atoms with Crippen molar-refractivity contribution in [1.29, 1.82) is 0 Å². The van der Waals surface area contributed by atoms with Crippen LogP contribution in [0.2, 0.25) is 0 Å². The monoisotopic (exact) mass is 469 g/mol. The molecule has 2 aromatic carbocycles. The molecule has 1 aliphatic rings. The number of ether oxygens (including phenoxy) is 1. The molecule has 3 heterocycles. The largest absolute Gasteiger partial charge is 0.377 e. The summed E-state index contributed by atoms with van der Waals surface area (Å²) < 4.78 is 7.58. The number of hydrogen-bond donors (Lipinski definition) is 1. The summed E-state index contributed by atoms with van der Waals surface area (Å²) in [6.45, 7) is 3.62. The summed E-state index contributed by atoms with van der Waals surface area (Å²) in [6.07, 6.45) is 4.58. The average Bonchev–Trinajstić information content (AvgIpc) is 2.91. The fourth-order valence-electron chi connectivity index (χ4n) is 4.63. The van der Waals surface area contributed by atoms with Crippen LogP contribution in [-0.2, 0) is 17.9 Å². The zero-order valence-corrected chi connectivity index (χ0v) is 19.8. The molecule has 1 fully saturated rings. The summed E-state index contributed by atoms with van der Waals surface area (Å²) in [5.41, 5.74) is 2.82. The van der Waals surface area contributed by atoms with Gasteiger partial charge in [0.25, 0.3) is 5.56 Å². The third kappa shape index (κ3) is 5.58. The number of rotatable bonds is 9. The van der Waals surface area contributed by atoms with E-state index in [9.17, 15) is 4.79 Å². The zero-order chi connectivity index (χ0) is 23.9. The molecular weight excluding hydrogens is 438 g/mol. The number of anilines is 2. The summed E-state index contributed by atoms with van der Waals surface area (Å²) in [4.78, 5) is 24.7. The Bertz CT molecular complexity index is 1290. The Kier molecular flexibility index (Phi) is 7.46. The van der Waals surface area contributed by atoms with E-state index in [2.05, 4.69) is 34.5 Å². The molecule has 5 rings (SSSR count). The number of pyridine rings is 1. The minimum Gasteiger partial charge on any atom is -0.377 e. The highest BCUT2D eigenvalue weighted by atomic mass is 16.5. The van der Waals surface area contributed by atoms with Gasteiger partial charge in [-0.25, -0.2) is 4.98 Å². The van der Waals surface area contributed by atoms with Crippen LogP contribution in [0.25, 0.3) is 11.0 Å². The molecule has 0 atom stereocenters. The highest BCUT2D eigenvalue weighted by molar-refractivity contribution is 5.76. The first-order valence-corrected chi connectivity index (χ1v) is 12.3. The predicted molar refractivity (Wildman–Crippen MR) is 139 cm³/mol. The Morgan fingerprint density at radius 2 is 1.71 bits per heavy atom. The molecule has 0 saturated carbocycles. The van der Waals surface area contributed by atoms with Crippen molar-refractivity contribution in [3.63, 3.8) is 0 Å². The maximum Gasteiger partial charge on any atom is 0.252 e. The number of aryl methyl sites for hydroxylation is 1. The molecule has 7 heteroatoms. The van der Waals surface area contributed by atoms with Crippen LogP contribution in [0, 0.1) is 0 Å². The predicted octanol–water partition coefficient (Wildman–Crippen LogP) is 4.29. The summed E-state index contributed by atoms with van der Waals surface area (Å²) >= 11 is 0. The molecule has 0 spiro atoms. The summed E-state index contributed by atoms with van der Waals surface area (Å²) in [6, 6.07) is 24.1. The molecule has 0 amide bonds. The average molecular weight is 470 g/mol. The Labute approximate surface area is 205 Å². The number of piperidine rings is 1. The molecule has 0 aliphatic carbocycles. The first-order valence-electron chi connectivity index (χ1n) is 12.3. The number of aromatic nitrogens is 3. The second-order valence-electron chi connectivity index (χ2n) is 8.85. The molecular formula is C28H31N5O2. The molecule has 1 N–H and O–H groups in total. The summed E-state index contributed by atoms with van der Waals surface area (Å²) in [7, 11) is 0. The van der Waals surface area contributed by atoms with Crippen molar-refractivity contribution in [2.24, 2.45) is 0 Å². The van der Waals surface area contributed by atoms with E-state index < -0.39 is 0 Å². The molecule has 0 bridgehead atoms. The Balaban J connectivity index is 1.39. The van der Waals surface area contributed by atoms with E-state index in [-0.39, 0.29) is 5.56 Å². The minimum atomic E-state index is -0.0571. The van der Waals surface area contributed by atoms with Crippen LogP contribution in [0.4, 0.5) is 11.6 Å². The molecule has 180 valence electrons. The lowest BCUT2D eigenvalue weighted by molar-refractivity contribution is 0.115. The topological polar surface area (TPSA) is 72.3 Å². The van der Waals surface area contributed by atoms with Crippen LogP contribution in [0.1, 0.15) is 24.8 Å². The Morgan fingerprint density at radius 3 is 2.49 bits per heavy atom. The van der Waals surface area contributed by atoms with E-state index in [1.807, 2.05) is 42.6 Å². The van der Waals surface area contributed by atoms with Gasteiger partial charge in [-0.15, -0.1) is 0 Å². The van der Waals surface area contributed by atoms with Gasteiger partial charge in [-0.2, -0.15) is 4.98 Å². The smallest absolute Gasteiger partial charge is 0.252 e. The van der Waals surface area contributed by atoms with Crippen LogP contribution >= 0.6 is 0 Å². The van der Waals surface area contributed by atoms with Crippen molar-refractivity contribution in [3.8, 4) is 0 Å². The Morgan fingerprint density at radius 1 is 0.971 bits per heavy atom. The summed E-state index contributed by atoms with van der Waals surface area (Å²) in [5.74, 6) is 0.635. The number of para-hydroxylation sites is 1. The van der Waals surface area contributed by atoms with Crippen LogP contribution in [0.3, 0.4) is 0 Å². The van der Waals surface area contributed by atoms with E-state index in [1.54, 1.807) is 16.7 Å². The molecule has 1 aliphatic heterocycles. The van der Waals surface area contributed by atoms with Gasteiger partial charge in [0.2, 0.25) is 5.95 Å². The third-order valence-corrected chi connectivity index (χ3v) is 6.42. The van der Waals surface area contributed by atoms with Gasteiger partial charge in [0, 0.05) is 42.5 Å². The van der Waals surface area contributed by atoms with Crippen molar-refractivity contribution < 1.29 is 4.74 Å². The zero-order valence-electron chi connectivity index (χ0n) is 19.8. The van der Waals surface area contributed by atoms with Gasteiger partial charge in [-0.1, -0.05) is 48.5 Å². The van der Waals surface area contributed by atoms with Gasteiger partial charge in [0.15, 0.2) is 0 Å². The lowest BCUT2D eigenvalue weighted by Crippen LogP contribution is -2.41. The molecule has 4 aromatic rings. The third-order valence-electron chi connectivity index (χ3n) is 6.42. The SMILES string of the molecule is O=c1ccc2cnc(N(c3ccccc3)C3CCNCC3)nc2n1CCCOCc1ccccc1. The number of benzene rings is 2. The van der Waals surface area contributed by atoms with Crippen LogP contribution < -0.4 is 15.8 Å². The van der Waals surface area contributed by atoms with E-state index in [1.165, 1.54) is 0 Å². The van der Waals surface area contributed by atoms with Gasteiger partial charge in [-0.3, -0.25) is 9.36 Å². The summed E-state index contributed by atoms with van der Waals surface area (Å²) in [5, 5.41) is 4.30. The minimum absolute atomic E-state index is 0.0571. The van der Waals surface area contributed by atoms with Crippen molar-refractivity contribution >= 4 is 22.7 Å². The van der Waals surface area contributed by atoms with Crippen LogP contribution in [0.5, 0.6) is 0 Å². The van der Waals surface area contributed by atoms with Gasteiger partial charge in [0.1, 0.15) is 5.65 Å². The fraction of sp³-hybridized carbons (Fsp3) is 0.321. The first kappa shape index (κ1) is 23.2. The highest BCUT2D eigenvalue weighted by Gasteiger charge is 2.25. The van der Waals surface area contributed by atoms with Crippen molar-refractivity contribution in [1.82, 2.24) is 19.9 Å². The second kappa shape index (κ2) is 11.3. The number of hydrogen-bond acceptors (Lipinski definition) is 6. The lowest BCUT2D eigenvalue weighted by Gasteiger charge is -2.34. The van der Waals surface area contributed by atoms with E-state index in [0.717, 1.165) is 49.0 Å². The molecule has 0 unspecified atom stereocenters. The number of nitrogens with zero attached hydrogens (tertiary/aromatic N) is 4. The van der Waals surface area contributed by atoms with E-state index in [0.29, 0.717) is 37.4 Å². The molecule has 7 nitrogen and oxygen atoms in total. The first-order chi connectivity index (χ1) is 17.3. The number of fused-ring (bicyclic) bond motifs is 1. The maximum atomic E-state index is 12.8. The van der Waals surface area contributed by atoms with Crippen LogP contribution in [0.15, 0.2) is 83.8 Å². The van der Waals surface area contributed by atoms with E-state index in [4.69, 9.17) is 14.7 Å². The standard InChI is InChI=1S/C28H31N5O2/c34-26-13-12-23-20-30-28(33(24-10-5-2-6-11-24)25-14-16-29-17-15-25)31-27(23)32(26)18-7-19-35-21-22-8-3-1-4-9-22/h1-6,8-13,20,25,29H,7,14-19,21H2. The van der Waals surface area contributed by atoms with Gasteiger partial charge in [-0.05, 0) is 56.1 Å². The molecule has 0 radical (unpaired) electrons. The van der Waals surface area contributed by atoms with E-state index >= 15 is 0 Å². The van der Waals surface area contributed by atoms with Crippen molar-refractivity contribution in [2.45, 2.75) is 38.5 Å². The van der Waals surface area contributed by atoms with Gasteiger partial charge >= 0.3 is 0 Å². The lowest BCUT2D eigenvalue weighted by atomic mass is 10.0. The van der Waals surface area contributed by atoms with Crippen molar-refractivity contribution in [2.75, 3.05) is 24.6 Å². The maximum absolute atomic E-state index is 12.8. The highest BCUT2D eigenvalue weighted by Crippen LogP contribution is 2.29. The molecule has 35 heavy (non-hydrogen) atoms. The normalized spacial score (nSPS) is 14.3. The quantitative estimate of drug-likeness (QED) is 0.369. The van der Waals surface area contributed by atoms with Crippen LogP contribution in [-0.4, -0.2) is 40.3 Å². The van der Waals surface area contributed by atoms with Gasteiger partial charge < -0.3 is 15.0 Å². The second-order valence-corrected chi connectivity index (χ2v) is 8.85. The molecule has 1 saturated heterocycles.